The molecule has 2 rings (SSSR count). The van der Waals surface area contributed by atoms with Crippen LogP contribution < -0.4 is 16.4 Å². The molecule has 102 valence electrons. The Labute approximate surface area is 107 Å². The Morgan fingerprint density at radius 3 is 3.00 bits per heavy atom. The van der Waals surface area contributed by atoms with E-state index in [0.29, 0.717) is 6.61 Å². The molecule has 0 bridgehead atoms. The number of nitrogens with zero attached hydrogens (tertiary/aromatic N) is 4. The molecule has 0 saturated carbocycles. The van der Waals surface area contributed by atoms with Crippen LogP contribution in [0, 0.1) is 10.1 Å². The molecular weight excluding hydrogens is 256 g/mol. The van der Waals surface area contributed by atoms with Crippen LogP contribution in [0.4, 0.5) is 17.5 Å². The van der Waals surface area contributed by atoms with Gasteiger partial charge in [-0.15, -0.1) is 0 Å². The SMILES string of the molecule is NC(=O)C1COCCN1c1nc(N)ncc1[N+](=O)[O-]. The minimum atomic E-state index is -0.818. The van der Waals surface area contributed by atoms with E-state index >= 15 is 0 Å². The highest BCUT2D eigenvalue weighted by atomic mass is 16.6. The van der Waals surface area contributed by atoms with Crippen LogP contribution in [0.5, 0.6) is 0 Å². The van der Waals surface area contributed by atoms with Gasteiger partial charge in [0.05, 0.1) is 18.1 Å². The number of nitro groups is 1. The minimum absolute atomic E-state index is 0.0235. The second-order valence-corrected chi connectivity index (χ2v) is 3.88. The average Bonchev–Trinajstić information content (AvgIpc) is 2.38. The molecule has 19 heavy (non-hydrogen) atoms. The van der Waals surface area contributed by atoms with Gasteiger partial charge in [0, 0.05) is 6.54 Å². The molecule has 1 unspecified atom stereocenters. The number of hydrogen-bond acceptors (Lipinski definition) is 8. The van der Waals surface area contributed by atoms with Gasteiger partial charge < -0.3 is 21.1 Å². The molecular formula is C9H12N6O4. The van der Waals surface area contributed by atoms with Crippen molar-refractivity contribution in [1.82, 2.24) is 9.97 Å². The van der Waals surface area contributed by atoms with Gasteiger partial charge in [0.25, 0.3) is 0 Å². The van der Waals surface area contributed by atoms with Gasteiger partial charge >= 0.3 is 5.69 Å². The third-order valence-electron chi connectivity index (χ3n) is 2.69. The standard InChI is InChI=1S/C9H12N6O4/c10-7(16)6-4-19-2-1-14(6)8-5(15(17)18)3-12-9(11)13-8/h3,6H,1-2,4H2,(H2,10,16)(H2,11,12,13). The fourth-order valence-electron chi connectivity index (χ4n) is 1.81. The average molecular weight is 268 g/mol. The van der Waals surface area contributed by atoms with Gasteiger partial charge in [0.15, 0.2) is 0 Å². The van der Waals surface area contributed by atoms with Gasteiger partial charge in [-0.05, 0) is 0 Å². The molecule has 1 aromatic rings. The first-order valence-electron chi connectivity index (χ1n) is 5.41. The van der Waals surface area contributed by atoms with Gasteiger partial charge in [-0.1, -0.05) is 0 Å². The Bertz CT molecular complexity index is 521. The summed E-state index contributed by atoms with van der Waals surface area (Å²) in [4.78, 5) is 30.5. The van der Waals surface area contributed by atoms with Crippen molar-refractivity contribution in [2.24, 2.45) is 5.73 Å². The molecule has 0 spiro atoms. The third-order valence-corrected chi connectivity index (χ3v) is 2.69. The zero-order chi connectivity index (χ0) is 14.0. The lowest BCUT2D eigenvalue weighted by Gasteiger charge is -2.33. The van der Waals surface area contributed by atoms with E-state index in [1.165, 1.54) is 4.90 Å². The predicted molar refractivity (Wildman–Crippen MR) is 64.2 cm³/mol. The Morgan fingerprint density at radius 2 is 2.37 bits per heavy atom. The van der Waals surface area contributed by atoms with E-state index in [9.17, 15) is 14.9 Å². The largest absolute Gasteiger partial charge is 0.377 e. The molecule has 10 nitrogen and oxygen atoms in total. The number of primary amides is 1. The zero-order valence-corrected chi connectivity index (χ0v) is 9.85. The predicted octanol–water partition coefficient (Wildman–Crippen LogP) is -1.34. The summed E-state index contributed by atoms with van der Waals surface area (Å²) >= 11 is 0. The lowest BCUT2D eigenvalue weighted by molar-refractivity contribution is -0.384. The van der Waals surface area contributed by atoms with E-state index in [1.54, 1.807) is 0 Å². The van der Waals surface area contributed by atoms with Crippen LogP contribution in [0.15, 0.2) is 6.20 Å². The van der Waals surface area contributed by atoms with E-state index in [4.69, 9.17) is 16.2 Å². The molecule has 1 amide bonds. The lowest BCUT2D eigenvalue weighted by atomic mass is 10.2. The summed E-state index contributed by atoms with van der Waals surface area (Å²) < 4.78 is 5.14. The second-order valence-electron chi connectivity index (χ2n) is 3.88. The molecule has 0 aliphatic carbocycles. The van der Waals surface area contributed by atoms with Crippen LogP contribution in [0.25, 0.3) is 0 Å². The van der Waals surface area contributed by atoms with Crippen molar-refractivity contribution in [1.29, 1.82) is 0 Å². The molecule has 1 atom stereocenters. The summed E-state index contributed by atoms with van der Waals surface area (Å²) in [7, 11) is 0. The van der Waals surface area contributed by atoms with Crippen LogP contribution in [-0.2, 0) is 9.53 Å². The number of morpholine rings is 1. The first-order chi connectivity index (χ1) is 9.00. The van der Waals surface area contributed by atoms with E-state index < -0.39 is 16.9 Å². The van der Waals surface area contributed by atoms with Gasteiger partial charge in [0.1, 0.15) is 12.2 Å². The van der Waals surface area contributed by atoms with Crippen molar-refractivity contribution >= 4 is 23.4 Å². The summed E-state index contributed by atoms with van der Waals surface area (Å²) in [6.07, 6.45) is 1.01. The Hall–Kier alpha value is -2.49. The highest BCUT2D eigenvalue weighted by Crippen LogP contribution is 2.28. The maximum atomic E-state index is 11.4. The number of anilines is 2. The first kappa shape index (κ1) is 13.0. The normalized spacial score (nSPS) is 19.2. The van der Waals surface area contributed by atoms with E-state index in [1.807, 2.05) is 0 Å². The maximum Gasteiger partial charge on any atom is 0.329 e. The van der Waals surface area contributed by atoms with Crippen LogP contribution in [0.3, 0.4) is 0 Å². The number of carbonyl (C=O) groups is 1. The molecule has 1 aliphatic heterocycles. The molecule has 4 N–H and O–H groups in total. The third kappa shape index (κ3) is 2.52. The molecule has 1 aliphatic rings. The van der Waals surface area contributed by atoms with Crippen LogP contribution in [-0.4, -0.2) is 46.6 Å². The summed E-state index contributed by atoms with van der Waals surface area (Å²) in [6, 6.07) is -0.818. The monoisotopic (exact) mass is 268 g/mol. The van der Waals surface area contributed by atoms with Crippen LogP contribution in [0.2, 0.25) is 0 Å². The topological polar surface area (TPSA) is 151 Å². The van der Waals surface area contributed by atoms with Crippen molar-refractivity contribution in [3.63, 3.8) is 0 Å². The van der Waals surface area contributed by atoms with Crippen molar-refractivity contribution in [2.45, 2.75) is 6.04 Å². The summed E-state index contributed by atoms with van der Waals surface area (Å²) in [6.45, 7) is 0.617. The number of nitrogens with two attached hydrogens (primary N) is 2. The van der Waals surface area contributed by atoms with Crippen molar-refractivity contribution in [2.75, 3.05) is 30.4 Å². The highest BCUT2D eigenvalue weighted by Gasteiger charge is 2.33. The summed E-state index contributed by atoms with van der Waals surface area (Å²) in [5.41, 5.74) is 10.4. The van der Waals surface area contributed by atoms with Crippen molar-refractivity contribution in [3.8, 4) is 0 Å². The fourth-order valence-corrected chi connectivity index (χ4v) is 1.81. The molecule has 0 radical (unpaired) electrons. The number of aromatic nitrogens is 2. The quantitative estimate of drug-likeness (QED) is 0.504. The van der Waals surface area contributed by atoms with E-state index in [0.717, 1.165) is 6.20 Å². The second kappa shape index (κ2) is 5.02. The van der Waals surface area contributed by atoms with Crippen molar-refractivity contribution < 1.29 is 14.5 Å². The van der Waals surface area contributed by atoms with Gasteiger partial charge in [-0.2, -0.15) is 4.98 Å². The smallest absolute Gasteiger partial charge is 0.329 e. The van der Waals surface area contributed by atoms with Crippen LogP contribution in [0.1, 0.15) is 0 Å². The molecule has 1 saturated heterocycles. The summed E-state index contributed by atoms with van der Waals surface area (Å²) in [5, 5.41) is 11.0. The number of rotatable bonds is 3. The van der Waals surface area contributed by atoms with Crippen LogP contribution >= 0.6 is 0 Å². The molecule has 10 heteroatoms. The molecule has 2 heterocycles. The maximum absolute atomic E-state index is 11.4. The van der Waals surface area contributed by atoms with Gasteiger partial charge in [0.2, 0.25) is 17.7 Å². The minimum Gasteiger partial charge on any atom is -0.377 e. The Morgan fingerprint density at radius 1 is 1.63 bits per heavy atom. The number of ether oxygens (including phenoxy) is 1. The van der Waals surface area contributed by atoms with Gasteiger partial charge in [-0.25, -0.2) is 4.98 Å². The molecule has 1 fully saturated rings. The number of carbonyl (C=O) groups excluding carboxylic acids is 1. The van der Waals surface area contributed by atoms with Crippen molar-refractivity contribution in [3.05, 3.63) is 16.3 Å². The number of amides is 1. The Kier molecular flexibility index (Phi) is 3.42. The molecule has 0 aromatic carbocycles. The fraction of sp³-hybridized carbons (Fsp3) is 0.444. The Balaban J connectivity index is 2.46. The molecule has 1 aromatic heterocycles. The number of nitrogen functional groups attached to an aromatic ring is 1. The zero-order valence-electron chi connectivity index (χ0n) is 9.85. The highest BCUT2D eigenvalue weighted by molar-refractivity contribution is 5.84. The first-order valence-corrected chi connectivity index (χ1v) is 5.41. The van der Waals surface area contributed by atoms with E-state index in [-0.39, 0.29) is 30.6 Å². The lowest BCUT2D eigenvalue weighted by Crippen LogP contribution is -2.53. The summed E-state index contributed by atoms with van der Waals surface area (Å²) in [5.74, 6) is -0.786. The van der Waals surface area contributed by atoms with Gasteiger partial charge in [-0.3, -0.25) is 14.9 Å². The van der Waals surface area contributed by atoms with E-state index in [2.05, 4.69) is 9.97 Å². The number of hydrogen-bond donors (Lipinski definition) is 2.